The molecular formula is C19H15N5O3S. The maximum absolute atomic E-state index is 11.2. The first-order valence-electron chi connectivity index (χ1n) is 8.35. The van der Waals surface area contributed by atoms with Crippen LogP contribution in [0.1, 0.15) is 0 Å². The van der Waals surface area contributed by atoms with Crippen LogP contribution in [0, 0.1) is 4.91 Å². The Bertz CT molecular complexity index is 1200. The summed E-state index contributed by atoms with van der Waals surface area (Å²) in [7, 11) is 1.98. The number of nitroso groups, excluding NO2 is 1. The Labute approximate surface area is 163 Å². The third kappa shape index (κ3) is 3.52. The number of benzene rings is 2. The van der Waals surface area contributed by atoms with Crippen molar-refractivity contribution in [2.75, 3.05) is 5.75 Å². The number of hydrogen-bond acceptors (Lipinski definition) is 6. The number of nitrogens with zero attached hydrogens (tertiary/aromatic N) is 4. The molecule has 0 fully saturated rings. The molecule has 2 aromatic carbocycles. The highest BCUT2D eigenvalue weighted by Crippen LogP contribution is 2.32. The van der Waals surface area contributed by atoms with Crippen LogP contribution in [-0.2, 0) is 11.8 Å². The largest absolute Gasteiger partial charge is 0.481 e. The smallest absolute Gasteiger partial charge is 0.313 e. The van der Waals surface area contributed by atoms with E-state index < -0.39 is 5.97 Å². The van der Waals surface area contributed by atoms with E-state index in [1.54, 1.807) is 12.1 Å². The first-order valence-corrected chi connectivity index (χ1v) is 9.33. The second-order valence-electron chi connectivity index (χ2n) is 6.21. The summed E-state index contributed by atoms with van der Waals surface area (Å²) in [5.74, 6) is -0.628. The number of nitrogens with one attached hydrogen (secondary N) is 1. The number of aryl methyl sites for hydroxylation is 1. The number of aromatic amines is 1. The molecule has 0 aliphatic heterocycles. The molecule has 2 N–H and O–H groups in total. The molecule has 28 heavy (non-hydrogen) atoms. The van der Waals surface area contributed by atoms with Gasteiger partial charge in [0.05, 0.1) is 5.75 Å². The SMILES string of the molecule is Cn1ccc2ccc(-c3cc(N=O)cc(-c4nc(SCC(=O)O)n[nH]4)c3)cc21. The van der Waals surface area contributed by atoms with Gasteiger partial charge in [-0.2, -0.15) is 0 Å². The first kappa shape index (κ1) is 17.9. The van der Waals surface area contributed by atoms with Crippen molar-refractivity contribution < 1.29 is 9.90 Å². The molecule has 0 aliphatic rings. The van der Waals surface area contributed by atoms with Crippen LogP contribution in [0.5, 0.6) is 0 Å². The highest BCUT2D eigenvalue weighted by atomic mass is 32.2. The van der Waals surface area contributed by atoms with Gasteiger partial charge in [-0.05, 0) is 52.0 Å². The maximum Gasteiger partial charge on any atom is 0.313 e. The van der Waals surface area contributed by atoms with Gasteiger partial charge in [0.25, 0.3) is 0 Å². The van der Waals surface area contributed by atoms with Gasteiger partial charge in [-0.15, -0.1) is 10.0 Å². The van der Waals surface area contributed by atoms with E-state index in [0.717, 1.165) is 33.8 Å². The number of carboxylic acids is 1. The Morgan fingerprint density at radius 1 is 1.18 bits per heavy atom. The molecule has 140 valence electrons. The maximum atomic E-state index is 11.2. The fourth-order valence-corrected chi connectivity index (χ4v) is 3.49. The predicted octanol–water partition coefficient (Wildman–Crippen LogP) is 4.21. The molecular weight excluding hydrogens is 378 g/mol. The lowest BCUT2D eigenvalue weighted by molar-refractivity contribution is -0.133. The van der Waals surface area contributed by atoms with Crippen LogP contribution in [0.25, 0.3) is 33.4 Å². The lowest BCUT2D eigenvalue weighted by Gasteiger charge is -2.07. The number of carboxylic acid groups (broad SMARTS) is 1. The van der Waals surface area contributed by atoms with Crippen molar-refractivity contribution in [2.45, 2.75) is 5.16 Å². The Morgan fingerprint density at radius 3 is 2.79 bits per heavy atom. The molecule has 2 heterocycles. The summed E-state index contributed by atoms with van der Waals surface area (Å²) in [6.45, 7) is 0. The molecule has 0 bridgehead atoms. The monoisotopic (exact) mass is 393 g/mol. The average molecular weight is 393 g/mol. The van der Waals surface area contributed by atoms with Gasteiger partial charge in [0.2, 0.25) is 5.16 Å². The number of rotatable bonds is 6. The number of hydrogen-bond donors (Lipinski definition) is 2. The van der Waals surface area contributed by atoms with Crippen molar-refractivity contribution in [3.63, 3.8) is 0 Å². The number of aromatic nitrogens is 4. The zero-order chi connectivity index (χ0) is 19.7. The lowest BCUT2D eigenvalue weighted by Crippen LogP contribution is -1.97. The van der Waals surface area contributed by atoms with Crippen molar-refractivity contribution >= 4 is 34.3 Å². The van der Waals surface area contributed by atoms with Crippen LogP contribution in [0.15, 0.2) is 59.0 Å². The minimum absolute atomic E-state index is 0.130. The second-order valence-corrected chi connectivity index (χ2v) is 7.15. The van der Waals surface area contributed by atoms with E-state index in [1.165, 1.54) is 0 Å². The molecule has 2 aromatic heterocycles. The molecule has 0 saturated heterocycles. The third-order valence-electron chi connectivity index (χ3n) is 4.31. The van der Waals surface area contributed by atoms with Crippen LogP contribution < -0.4 is 0 Å². The Kier molecular flexibility index (Phi) is 4.66. The Hall–Kier alpha value is -3.46. The minimum Gasteiger partial charge on any atom is -0.481 e. The van der Waals surface area contributed by atoms with E-state index in [1.807, 2.05) is 42.1 Å². The molecule has 8 nitrogen and oxygen atoms in total. The standard InChI is InChI=1S/C19H15N5O3S/c1-24-5-4-11-2-3-12(9-16(11)24)13-6-14(8-15(7-13)23-27)18-20-19(22-21-18)28-10-17(25)26/h2-9H,10H2,1H3,(H,25,26)(H,20,21,22). The third-order valence-corrected chi connectivity index (χ3v) is 5.14. The van der Waals surface area contributed by atoms with Gasteiger partial charge in [-0.3, -0.25) is 9.89 Å². The van der Waals surface area contributed by atoms with Gasteiger partial charge >= 0.3 is 5.97 Å². The van der Waals surface area contributed by atoms with E-state index in [9.17, 15) is 9.70 Å². The number of fused-ring (bicyclic) bond motifs is 1. The van der Waals surface area contributed by atoms with E-state index >= 15 is 0 Å². The van der Waals surface area contributed by atoms with E-state index in [-0.39, 0.29) is 11.4 Å². The number of aliphatic carboxylic acids is 1. The van der Waals surface area contributed by atoms with E-state index in [4.69, 9.17) is 5.11 Å². The van der Waals surface area contributed by atoms with Crippen LogP contribution in [-0.4, -0.2) is 36.6 Å². The quantitative estimate of drug-likeness (QED) is 0.375. The summed E-state index contributed by atoms with van der Waals surface area (Å²) in [5.41, 5.74) is 3.77. The molecule has 0 aliphatic carbocycles. The van der Waals surface area contributed by atoms with Crippen molar-refractivity contribution in [2.24, 2.45) is 12.2 Å². The Morgan fingerprint density at radius 2 is 2.00 bits per heavy atom. The van der Waals surface area contributed by atoms with Crippen molar-refractivity contribution in [3.8, 4) is 22.5 Å². The predicted molar refractivity (Wildman–Crippen MR) is 108 cm³/mol. The molecule has 0 saturated carbocycles. The zero-order valence-electron chi connectivity index (χ0n) is 14.8. The van der Waals surface area contributed by atoms with Crippen LogP contribution in [0.2, 0.25) is 0 Å². The summed E-state index contributed by atoms with van der Waals surface area (Å²) in [4.78, 5) is 26.2. The highest BCUT2D eigenvalue weighted by Gasteiger charge is 2.12. The molecule has 0 spiro atoms. The molecule has 9 heteroatoms. The summed E-state index contributed by atoms with van der Waals surface area (Å²) in [5, 5.41) is 20.1. The molecule has 0 radical (unpaired) electrons. The first-order chi connectivity index (χ1) is 13.5. The highest BCUT2D eigenvalue weighted by molar-refractivity contribution is 7.99. The topological polar surface area (TPSA) is 113 Å². The number of H-pyrrole nitrogens is 1. The molecule has 0 unspecified atom stereocenters. The fourth-order valence-electron chi connectivity index (χ4n) is 2.98. The number of carbonyl (C=O) groups is 1. The molecule has 0 amide bonds. The van der Waals surface area contributed by atoms with Crippen LogP contribution in [0.4, 0.5) is 5.69 Å². The van der Waals surface area contributed by atoms with Gasteiger partial charge in [-0.25, -0.2) is 4.98 Å². The van der Waals surface area contributed by atoms with Gasteiger partial charge in [0, 0.05) is 24.3 Å². The second kappa shape index (κ2) is 7.28. The van der Waals surface area contributed by atoms with Crippen molar-refractivity contribution in [1.82, 2.24) is 19.7 Å². The van der Waals surface area contributed by atoms with Gasteiger partial charge in [0.15, 0.2) is 5.82 Å². The Balaban J connectivity index is 1.74. The molecule has 4 aromatic rings. The summed E-state index contributed by atoms with van der Waals surface area (Å²) in [6, 6.07) is 13.3. The van der Waals surface area contributed by atoms with Crippen molar-refractivity contribution in [3.05, 3.63) is 53.6 Å². The van der Waals surface area contributed by atoms with E-state index in [0.29, 0.717) is 16.5 Å². The summed E-state index contributed by atoms with van der Waals surface area (Å²) < 4.78 is 2.03. The average Bonchev–Trinajstić information content (AvgIpc) is 3.33. The van der Waals surface area contributed by atoms with E-state index in [2.05, 4.69) is 26.4 Å². The normalized spacial score (nSPS) is 11.0. The van der Waals surface area contributed by atoms with Gasteiger partial charge < -0.3 is 9.67 Å². The molecule has 0 atom stereocenters. The zero-order valence-corrected chi connectivity index (χ0v) is 15.6. The lowest BCUT2D eigenvalue weighted by atomic mass is 10.0. The van der Waals surface area contributed by atoms with Gasteiger partial charge in [0.1, 0.15) is 5.69 Å². The fraction of sp³-hybridized carbons (Fsp3) is 0.105. The van der Waals surface area contributed by atoms with Crippen LogP contribution in [0.3, 0.4) is 0 Å². The van der Waals surface area contributed by atoms with Crippen molar-refractivity contribution in [1.29, 1.82) is 0 Å². The summed E-state index contributed by atoms with van der Waals surface area (Å²) in [6.07, 6.45) is 1.99. The van der Waals surface area contributed by atoms with Gasteiger partial charge in [-0.1, -0.05) is 23.9 Å². The minimum atomic E-state index is -0.943. The summed E-state index contributed by atoms with van der Waals surface area (Å²) >= 11 is 1.02. The van der Waals surface area contributed by atoms with Crippen LogP contribution >= 0.6 is 11.8 Å². The molecule has 4 rings (SSSR count). The number of thioether (sulfide) groups is 1.